The van der Waals surface area contributed by atoms with Crippen LogP contribution < -0.4 is 10.1 Å². The molecule has 0 atom stereocenters. The third-order valence-corrected chi connectivity index (χ3v) is 4.05. The molecule has 1 aliphatic carbocycles. The number of nitrogens with one attached hydrogen (secondary N) is 1. The summed E-state index contributed by atoms with van der Waals surface area (Å²) < 4.78 is 6.19. The van der Waals surface area contributed by atoms with Gasteiger partial charge in [-0.05, 0) is 57.1 Å². The van der Waals surface area contributed by atoms with E-state index in [4.69, 9.17) is 4.74 Å². The summed E-state index contributed by atoms with van der Waals surface area (Å²) in [4.78, 5) is 0. The first-order valence-electron chi connectivity index (χ1n) is 6.81. The van der Waals surface area contributed by atoms with Gasteiger partial charge in [0.1, 0.15) is 11.4 Å². The van der Waals surface area contributed by atoms with E-state index < -0.39 is 0 Å². The van der Waals surface area contributed by atoms with Crippen molar-refractivity contribution in [1.29, 1.82) is 0 Å². The summed E-state index contributed by atoms with van der Waals surface area (Å²) in [6, 6.07) is 6.53. The van der Waals surface area contributed by atoms with Crippen LogP contribution in [-0.2, 0) is 6.42 Å². The Labute approximate surface area is 103 Å². The molecule has 17 heavy (non-hydrogen) atoms. The van der Waals surface area contributed by atoms with Gasteiger partial charge in [-0.25, -0.2) is 0 Å². The van der Waals surface area contributed by atoms with Crippen LogP contribution in [0.25, 0.3) is 0 Å². The van der Waals surface area contributed by atoms with Crippen molar-refractivity contribution in [1.82, 2.24) is 0 Å². The largest absolute Gasteiger partial charge is 0.488 e. The summed E-state index contributed by atoms with van der Waals surface area (Å²) >= 11 is 0. The summed E-state index contributed by atoms with van der Waals surface area (Å²) in [7, 11) is 0. The van der Waals surface area contributed by atoms with Crippen molar-refractivity contribution < 1.29 is 4.74 Å². The van der Waals surface area contributed by atoms with Crippen LogP contribution in [0.4, 0.5) is 5.69 Å². The summed E-state index contributed by atoms with van der Waals surface area (Å²) in [5.74, 6) is 1.03. The molecule has 1 aromatic carbocycles. The van der Waals surface area contributed by atoms with Crippen molar-refractivity contribution in [3.8, 4) is 5.75 Å². The Bertz CT molecular complexity index is 407. The van der Waals surface area contributed by atoms with Crippen LogP contribution in [0.15, 0.2) is 18.2 Å². The summed E-state index contributed by atoms with van der Waals surface area (Å²) in [6.07, 6.45) is 7.43. The van der Waals surface area contributed by atoms with E-state index in [1.165, 1.54) is 49.8 Å². The number of hydrogen-bond acceptors (Lipinski definition) is 2. The molecule has 0 saturated heterocycles. The van der Waals surface area contributed by atoms with Crippen LogP contribution >= 0.6 is 0 Å². The minimum Gasteiger partial charge on any atom is -0.488 e. The highest BCUT2D eigenvalue weighted by molar-refractivity contribution is 5.56. The first kappa shape index (κ1) is 10.9. The number of aryl methyl sites for hydroxylation is 1. The predicted molar refractivity (Wildman–Crippen MR) is 70.8 cm³/mol. The van der Waals surface area contributed by atoms with E-state index in [1.54, 1.807) is 0 Å². The van der Waals surface area contributed by atoms with Crippen molar-refractivity contribution >= 4 is 5.69 Å². The lowest BCUT2D eigenvalue weighted by Gasteiger charge is -2.27. The molecule has 0 bridgehead atoms. The zero-order valence-corrected chi connectivity index (χ0v) is 10.6. The molecule has 0 aromatic heterocycles. The van der Waals surface area contributed by atoms with Gasteiger partial charge in [0.15, 0.2) is 0 Å². The summed E-state index contributed by atoms with van der Waals surface area (Å²) in [6.45, 7) is 3.33. The molecule has 2 aliphatic rings. The van der Waals surface area contributed by atoms with Gasteiger partial charge in [0.25, 0.3) is 0 Å². The second kappa shape index (κ2) is 4.25. The minimum absolute atomic E-state index is 0.0723. The molecule has 1 heterocycles. The Kier molecular flexibility index (Phi) is 2.73. The van der Waals surface area contributed by atoms with Crippen LogP contribution in [0.2, 0.25) is 0 Å². The third-order valence-electron chi connectivity index (χ3n) is 4.05. The quantitative estimate of drug-likeness (QED) is 0.837. The highest BCUT2D eigenvalue weighted by Crippen LogP contribution is 2.35. The Morgan fingerprint density at radius 3 is 2.82 bits per heavy atom. The van der Waals surface area contributed by atoms with E-state index >= 15 is 0 Å². The van der Waals surface area contributed by atoms with E-state index in [0.29, 0.717) is 0 Å². The van der Waals surface area contributed by atoms with E-state index in [-0.39, 0.29) is 5.60 Å². The van der Waals surface area contributed by atoms with Crippen LogP contribution in [0.5, 0.6) is 5.75 Å². The van der Waals surface area contributed by atoms with E-state index in [2.05, 4.69) is 30.4 Å². The number of anilines is 1. The molecule has 2 nitrogen and oxygen atoms in total. The lowest BCUT2D eigenvalue weighted by atomic mass is 10.0. The number of ether oxygens (including phenoxy) is 1. The van der Waals surface area contributed by atoms with E-state index in [9.17, 15) is 0 Å². The second-order valence-electron chi connectivity index (χ2n) is 5.61. The van der Waals surface area contributed by atoms with Gasteiger partial charge in [-0.3, -0.25) is 0 Å². The van der Waals surface area contributed by atoms with Crippen molar-refractivity contribution in [2.45, 2.75) is 51.0 Å². The predicted octanol–water partition coefficient (Wildman–Crippen LogP) is 3.76. The van der Waals surface area contributed by atoms with Gasteiger partial charge in [-0.2, -0.15) is 0 Å². The number of benzene rings is 1. The molecule has 92 valence electrons. The van der Waals surface area contributed by atoms with Crippen molar-refractivity contribution in [3.63, 3.8) is 0 Å². The molecule has 0 radical (unpaired) electrons. The first-order valence-corrected chi connectivity index (χ1v) is 6.81. The number of rotatable bonds is 2. The highest BCUT2D eigenvalue weighted by atomic mass is 16.5. The molecule has 3 rings (SSSR count). The van der Waals surface area contributed by atoms with Gasteiger partial charge in [0, 0.05) is 18.3 Å². The maximum atomic E-state index is 6.19. The van der Waals surface area contributed by atoms with Crippen molar-refractivity contribution in [2.75, 3.05) is 11.9 Å². The van der Waals surface area contributed by atoms with Crippen molar-refractivity contribution in [3.05, 3.63) is 23.8 Å². The van der Waals surface area contributed by atoms with Crippen LogP contribution in [-0.4, -0.2) is 12.1 Å². The zero-order chi connectivity index (χ0) is 11.7. The Morgan fingerprint density at radius 2 is 2.00 bits per heavy atom. The summed E-state index contributed by atoms with van der Waals surface area (Å²) in [5.41, 5.74) is 2.78. The van der Waals surface area contributed by atoms with E-state index in [0.717, 1.165) is 12.3 Å². The normalized spacial score (nSPS) is 21.7. The van der Waals surface area contributed by atoms with Gasteiger partial charge in [-0.15, -0.1) is 0 Å². The zero-order valence-electron chi connectivity index (χ0n) is 10.6. The fraction of sp³-hybridized carbons (Fsp3) is 0.600. The molecule has 1 fully saturated rings. The molecule has 1 aliphatic heterocycles. The van der Waals surface area contributed by atoms with Gasteiger partial charge < -0.3 is 10.1 Å². The van der Waals surface area contributed by atoms with Crippen LogP contribution in [0, 0.1) is 0 Å². The molecular weight excluding hydrogens is 210 g/mol. The molecule has 1 aromatic rings. The Hall–Kier alpha value is -1.18. The molecule has 0 unspecified atom stereocenters. The molecule has 2 heteroatoms. The highest BCUT2D eigenvalue weighted by Gasteiger charge is 2.30. The maximum absolute atomic E-state index is 6.19. The molecule has 0 spiro atoms. The van der Waals surface area contributed by atoms with Gasteiger partial charge in [-0.1, -0.05) is 6.07 Å². The standard InChI is InChI=1S/C15H21NO/c1-15(8-2-3-9-15)17-13-7-6-12-5-4-10-16-14(12)11-13/h6-7,11,16H,2-5,8-10H2,1H3. The summed E-state index contributed by atoms with van der Waals surface area (Å²) in [5, 5.41) is 3.46. The Balaban J connectivity index is 1.79. The van der Waals surface area contributed by atoms with Crippen molar-refractivity contribution in [2.24, 2.45) is 0 Å². The Morgan fingerprint density at radius 1 is 1.18 bits per heavy atom. The van der Waals surface area contributed by atoms with Gasteiger partial charge in [0.2, 0.25) is 0 Å². The average molecular weight is 231 g/mol. The second-order valence-corrected chi connectivity index (χ2v) is 5.61. The lowest BCUT2D eigenvalue weighted by Crippen LogP contribution is -2.28. The fourth-order valence-corrected chi connectivity index (χ4v) is 3.01. The molecule has 1 saturated carbocycles. The van der Waals surface area contributed by atoms with Crippen LogP contribution in [0.1, 0.15) is 44.6 Å². The van der Waals surface area contributed by atoms with Gasteiger partial charge >= 0.3 is 0 Å². The van der Waals surface area contributed by atoms with Gasteiger partial charge in [0.05, 0.1) is 0 Å². The number of hydrogen-bond donors (Lipinski definition) is 1. The van der Waals surface area contributed by atoms with Crippen LogP contribution in [0.3, 0.4) is 0 Å². The molecule has 1 N–H and O–H groups in total. The molecule has 0 amide bonds. The lowest BCUT2D eigenvalue weighted by molar-refractivity contribution is 0.0969. The minimum atomic E-state index is 0.0723. The SMILES string of the molecule is CC1(Oc2ccc3c(c2)NCCC3)CCCC1. The fourth-order valence-electron chi connectivity index (χ4n) is 3.01. The number of fused-ring (bicyclic) bond motifs is 1. The van der Waals surface area contributed by atoms with E-state index in [1.807, 2.05) is 0 Å². The average Bonchev–Trinajstić information content (AvgIpc) is 2.76. The first-order chi connectivity index (χ1) is 8.25. The smallest absolute Gasteiger partial charge is 0.122 e. The maximum Gasteiger partial charge on any atom is 0.122 e. The monoisotopic (exact) mass is 231 g/mol. The topological polar surface area (TPSA) is 21.3 Å². The molecular formula is C15H21NO. The third kappa shape index (κ3) is 2.26.